The van der Waals surface area contributed by atoms with Gasteiger partial charge in [0, 0.05) is 13.1 Å². The van der Waals surface area contributed by atoms with Crippen molar-refractivity contribution >= 4 is 22.7 Å². The summed E-state index contributed by atoms with van der Waals surface area (Å²) in [5, 5.41) is 0. The highest BCUT2D eigenvalue weighted by atomic mass is 32.2. The van der Waals surface area contributed by atoms with Crippen molar-refractivity contribution in [3.05, 3.63) is 71.8 Å². The van der Waals surface area contributed by atoms with Gasteiger partial charge in [0.05, 0.1) is 16.1 Å². The molecule has 0 saturated carbocycles. The average Bonchev–Trinajstić information content (AvgIpc) is 2.93. The van der Waals surface area contributed by atoms with Gasteiger partial charge in [0.25, 0.3) is 0 Å². The molecule has 0 N–H and O–H groups in total. The van der Waals surface area contributed by atoms with E-state index in [0.29, 0.717) is 24.3 Å². The number of hydrogen-bond donors (Lipinski definition) is 0. The first-order valence-electron chi connectivity index (χ1n) is 11.5. The van der Waals surface area contributed by atoms with Crippen LogP contribution in [0.15, 0.2) is 65.6 Å². The molecule has 1 fully saturated rings. The van der Waals surface area contributed by atoms with Crippen LogP contribution in [0.5, 0.6) is 0 Å². The molecule has 7 heteroatoms. The van der Waals surface area contributed by atoms with E-state index in [9.17, 15) is 8.42 Å². The van der Waals surface area contributed by atoms with E-state index < -0.39 is 33.8 Å². The molecule has 2 aliphatic rings. The molecule has 2 heterocycles. The third kappa shape index (κ3) is 4.83. The van der Waals surface area contributed by atoms with Crippen molar-refractivity contribution in [2.45, 2.75) is 64.0 Å². The van der Waals surface area contributed by atoms with Crippen molar-refractivity contribution in [2.24, 2.45) is 5.41 Å². The topological polar surface area (TPSA) is 55.8 Å². The Labute approximate surface area is 199 Å². The molecule has 176 valence electrons. The Hall–Kier alpha value is -1.93. The van der Waals surface area contributed by atoms with Gasteiger partial charge in [-0.1, -0.05) is 61.0 Å². The molecule has 0 radical (unpaired) electrons. The van der Waals surface area contributed by atoms with E-state index >= 15 is 0 Å². The summed E-state index contributed by atoms with van der Waals surface area (Å²) in [6, 6.07) is 17.1. The van der Waals surface area contributed by atoms with Crippen LogP contribution in [0.25, 0.3) is 5.57 Å². The first-order chi connectivity index (χ1) is 15.3. The second kappa shape index (κ2) is 8.38. The number of sulfonamides is 1. The summed E-state index contributed by atoms with van der Waals surface area (Å²) in [7, 11) is -4.07. The molecule has 1 atom stereocenters. The van der Waals surface area contributed by atoms with E-state index in [-0.39, 0.29) is 0 Å². The van der Waals surface area contributed by atoms with Crippen molar-refractivity contribution < 1.29 is 17.7 Å². The SMILES string of the molecule is Cc1ccc(S(=O)(=O)N2CC(c3ccccc3)=C[C@](C)(CB3OC(C)(C)C(C)(C)O3)C2)cc1. The molecule has 0 spiro atoms. The Morgan fingerprint density at radius 3 is 2.06 bits per heavy atom. The van der Waals surface area contributed by atoms with Crippen molar-refractivity contribution in [2.75, 3.05) is 13.1 Å². The van der Waals surface area contributed by atoms with Gasteiger partial charge in [-0.2, -0.15) is 4.31 Å². The monoisotopic (exact) mass is 467 g/mol. The maximum atomic E-state index is 13.6. The highest BCUT2D eigenvalue weighted by molar-refractivity contribution is 7.89. The zero-order chi connectivity index (χ0) is 24.1. The predicted octanol–water partition coefficient (Wildman–Crippen LogP) is 5.18. The van der Waals surface area contributed by atoms with Crippen molar-refractivity contribution in [1.82, 2.24) is 4.31 Å². The van der Waals surface area contributed by atoms with Gasteiger partial charge in [-0.05, 0) is 69.6 Å². The summed E-state index contributed by atoms with van der Waals surface area (Å²) in [6.07, 6.45) is 2.78. The van der Waals surface area contributed by atoms with Crippen LogP contribution in [0.2, 0.25) is 6.32 Å². The smallest absolute Gasteiger partial charge is 0.403 e. The average molecular weight is 467 g/mol. The van der Waals surface area contributed by atoms with Crippen LogP contribution in [0, 0.1) is 12.3 Å². The highest BCUT2D eigenvalue weighted by Gasteiger charge is 2.53. The lowest BCUT2D eigenvalue weighted by atomic mass is 9.67. The molecule has 5 nitrogen and oxygen atoms in total. The van der Waals surface area contributed by atoms with Crippen molar-refractivity contribution in [3.63, 3.8) is 0 Å². The second-order valence-electron chi connectivity index (χ2n) is 10.7. The Balaban J connectivity index is 1.69. The summed E-state index contributed by atoms with van der Waals surface area (Å²) in [4.78, 5) is 0.320. The number of aryl methyl sites for hydroxylation is 1. The number of hydrogen-bond acceptors (Lipinski definition) is 4. The van der Waals surface area contributed by atoms with Crippen LogP contribution in [0.3, 0.4) is 0 Å². The Morgan fingerprint density at radius 1 is 0.909 bits per heavy atom. The summed E-state index contributed by atoms with van der Waals surface area (Å²) in [5.41, 5.74) is 1.74. The van der Waals surface area contributed by atoms with Gasteiger partial charge in [0.15, 0.2) is 0 Å². The first kappa shape index (κ1) is 24.2. The normalized spacial score (nSPS) is 25.2. The fourth-order valence-corrected chi connectivity index (χ4v) is 6.12. The molecule has 4 rings (SSSR count). The van der Waals surface area contributed by atoms with Gasteiger partial charge in [-0.3, -0.25) is 0 Å². The maximum Gasteiger partial charge on any atom is 0.458 e. The fraction of sp³-hybridized carbons (Fsp3) is 0.462. The molecular weight excluding hydrogens is 433 g/mol. The van der Waals surface area contributed by atoms with Crippen LogP contribution in [0.1, 0.15) is 45.7 Å². The molecule has 0 bridgehead atoms. The van der Waals surface area contributed by atoms with Crippen LogP contribution in [-0.4, -0.2) is 44.1 Å². The van der Waals surface area contributed by atoms with Crippen molar-refractivity contribution in [1.29, 1.82) is 0 Å². The first-order valence-corrected chi connectivity index (χ1v) is 13.0. The molecular formula is C26H34BNO4S. The van der Waals surface area contributed by atoms with E-state index in [1.165, 1.54) is 0 Å². The minimum absolute atomic E-state index is 0.320. The summed E-state index contributed by atoms with van der Waals surface area (Å²) in [5.74, 6) is 0. The zero-order valence-electron chi connectivity index (χ0n) is 20.5. The summed E-state index contributed by atoms with van der Waals surface area (Å²) >= 11 is 0. The lowest BCUT2D eigenvalue weighted by molar-refractivity contribution is 0.00578. The minimum Gasteiger partial charge on any atom is -0.403 e. The number of benzene rings is 2. The second-order valence-corrected chi connectivity index (χ2v) is 12.6. The van der Waals surface area contributed by atoms with Gasteiger partial charge >= 0.3 is 7.12 Å². The van der Waals surface area contributed by atoms with Crippen LogP contribution in [0.4, 0.5) is 0 Å². The number of nitrogens with zero attached hydrogens (tertiary/aromatic N) is 1. The van der Waals surface area contributed by atoms with E-state index in [1.807, 2.05) is 77.1 Å². The standard InChI is InChI=1S/C26H34BNO4S/c1-20-12-14-23(15-13-20)33(29,30)28-17-22(21-10-8-7-9-11-21)16-26(6,19-28)18-27-31-24(2,3)25(4,5)32-27/h7-16H,17-19H2,1-6H3/t26-/m1/s1. The van der Waals surface area contributed by atoms with Crippen LogP contribution >= 0.6 is 0 Å². The molecule has 2 aromatic rings. The largest absolute Gasteiger partial charge is 0.458 e. The Morgan fingerprint density at radius 2 is 1.48 bits per heavy atom. The van der Waals surface area contributed by atoms with Gasteiger partial charge in [-0.15, -0.1) is 0 Å². The molecule has 1 saturated heterocycles. The Bertz CT molecular complexity index is 1130. The van der Waals surface area contributed by atoms with E-state index in [0.717, 1.165) is 16.7 Å². The third-order valence-corrected chi connectivity index (χ3v) is 8.95. The van der Waals surface area contributed by atoms with Crippen LogP contribution < -0.4 is 0 Å². The molecule has 2 aliphatic heterocycles. The lowest BCUT2D eigenvalue weighted by Crippen LogP contribution is -2.45. The maximum absolute atomic E-state index is 13.6. The van der Waals surface area contributed by atoms with Gasteiger partial charge < -0.3 is 9.31 Å². The van der Waals surface area contributed by atoms with E-state index in [1.54, 1.807) is 16.4 Å². The molecule has 0 aliphatic carbocycles. The molecule has 0 amide bonds. The minimum atomic E-state index is -3.66. The molecule has 2 aromatic carbocycles. The van der Waals surface area contributed by atoms with Gasteiger partial charge in [0.2, 0.25) is 10.0 Å². The summed E-state index contributed by atoms with van der Waals surface area (Å²) in [6.45, 7) is 12.9. The quantitative estimate of drug-likeness (QED) is 0.569. The molecule has 0 aromatic heterocycles. The number of rotatable bonds is 5. The fourth-order valence-electron chi connectivity index (χ4n) is 4.57. The Kier molecular flexibility index (Phi) is 6.15. The van der Waals surface area contributed by atoms with Crippen molar-refractivity contribution in [3.8, 4) is 0 Å². The van der Waals surface area contributed by atoms with E-state index in [4.69, 9.17) is 9.31 Å². The highest BCUT2D eigenvalue weighted by Crippen LogP contribution is 2.43. The molecule has 0 unspecified atom stereocenters. The summed E-state index contributed by atoms with van der Waals surface area (Å²) < 4.78 is 41.4. The van der Waals surface area contributed by atoms with Gasteiger partial charge in [0.1, 0.15) is 0 Å². The predicted molar refractivity (Wildman–Crippen MR) is 133 cm³/mol. The van der Waals surface area contributed by atoms with Crippen LogP contribution in [-0.2, 0) is 19.3 Å². The molecule has 33 heavy (non-hydrogen) atoms. The lowest BCUT2D eigenvalue weighted by Gasteiger charge is -2.39. The van der Waals surface area contributed by atoms with E-state index in [2.05, 4.69) is 13.0 Å². The van der Waals surface area contributed by atoms with Gasteiger partial charge in [-0.25, -0.2) is 8.42 Å². The third-order valence-electron chi connectivity index (χ3n) is 7.15. The zero-order valence-corrected chi connectivity index (χ0v) is 21.3.